The van der Waals surface area contributed by atoms with E-state index in [1.807, 2.05) is 0 Å². The molecule has 4 heteroatoms. The molecule has 1 unspecified atom stereocenters. The summed E-state index contributed by atoms with van der Waals surface area (Å²) in [6.45, 7) is 4.36. The highest BCUT2D eigenvalue weighted by atomic mass is 16.4. The molecule has 0 saturated heterocycles. The van der Waals surface area contributed by atoms with E-state index in [4.69, 9.17) is 5.73 Å². The van der Waals surface area contributed by atoms with Gasteiger partial charge in [-0.05, 0) is 12.8 Å². The second-order valence-corrected chi connectivity index (χ2v) is 8.46. The molecule has 4 nitrogen and oxygen atoms in total. The van der Waals surface area contributed by atoms with Crippen LogP contribution in [0.25, 0.3) is 0 Å². The van der Waals surface area contributed by atoms with Gasteiger partial charge in [-0.3, -0.25) is 5.73 Å². The van der Waals surface area contributed by atoms with Gasteiger partial charge in [-0.15, -0.1) is 0 Å². The number of carboxylic acid groups (broad SMARTS) is 1. The van der Waals surface area contributed by atoms with E-state index in [0.29, 0.717) is 0 Å². The van der Waals surface area contributed by atoms with Crippen LogP contribution in [0.15, 0.2) is 0 Å². The van der Waals surface area contributed by atoms with Crippen LogP contribution in [-0.2, 0) is 4.79 Å². The number of hydrogen-bond donors (Lipinski definition) is 1. The number of carbonyl (C=O) groups excluding carboxylic acids is 1. The van der Waals surface area contributed by atoms with Gasteiger partial charge in [0.25, 0.3) is 0 Å². The lowest BCUT2D eigenvalue weighted by atomic mass is 10.0. The lowest BCUT2D eigenvalue weighted by Crippen LogP contribution is -2.50. The van der Waals surface area contributed by atoms with Crippen molar-refractivity contribution in [1.82, 2.24) is 0 Å². The van der Waals surface area contributed by atoms with Crippen molar-refractivity contribution in [3.63, 3.8) is 0 Å². The van der Waals surface area contributed by atoms with E-state index >= 15 is 0 Å². The summed E-state index contributed by atoms with van der Waals surface area (Å²) in [4.78, 5) is 10.2. The normalized spacial score (nSPS) is 12.4. The minimum absolute atomic E-state index is 0.234. The Hall–Kier alpha value is -0.610. The first-order valence-corrected chi connectivity index (χ1v) is 11.0. The maximum absolute atomic E-state index is 10.2. The molecule has 0 heterocycles. The molecule has 158 valence electrons. The van der Waals surface area contributed by atoms with Crippen LogP contribution >= 0.6 is 0 Å². The molecule has 0 aromatic rings. The van der Waals surface area contributed by atoms with Crippen LogP contribution in [0, 0.1) is 0 Å². The number of quaternary nitrogens is 1. The van der Waals surface area contributed by atoms with Crippen LogP contribution in [0.1, 0.15) is 110 Å². The SMILES string of the molecule is CCC(N)[N+](C)(C)C.CCCCCCCCCCCCCCCC(=O)[O-]. The molecular formula is C22H48N2O2. The van der Waals surface area contributed by atoms with Crippen molar-refractivity contribution >= 4 is 5.97 Å². The quantitative estimate of drug-likeness (QED) is 0.244. The third kappa shape index (κ3) is 23.4. The average molecular weight is 373 g/mol. The zero-order chi connectivity index (χ0) is 20.3. The zero-order valence-corrected chi connectivity index (χ0v) is 18.5. The summed E-state index contributed by atoms with van der Waals surface area (Å²) >= 11 is 0. The number of nitrogens with zero attached hydrogens (tertiary/aromatic N) is 1. The molecular weight excluding hydrogens is 324 g/mol. The first-order chi connectivity index (χ1) is 12.3. The summed E-state index contributed by atoms with van der Waals surface area (Å²) in [6.07, 6.45) is 18.3. The summed E-state index contributed by atoms with van der Waals surface area (Å²) in [5, 5.41) is 10.2. The number of nitrogens with two attached hydrogens (primary N) is 1. The number of carbonyl (C=O) groups is 1. The predicted octanol–water partition coefficient (Wildman–Crippen LogP) is 4.61. The molecule has 0 aliphatic carbocycles. The van der Waals surface area contributed by atoms with Crippen molar-refractivity contribution in [3.05, 3.63) is 0 Å². The molecule has 0 bridgehead atoms. The monoisotopic (exact) mass is 372 g/mol. The van der Waals surface area contributed by atoms with Gasteiger partial charge < -0.3 is 14.4 Å². The highest BCUT2D eigenvalue weighted by Gasteiger charge is 2.14. The van der Waals surface area contributed by atoms with Crippen molar-refractivity contribution in [3.8, 4) is 0 Å². The Labute approximate surface area is 164 Å². The van der Waals surface area contributed by atoms with E-state index in [1.165, 1.54) is 70.6 Å². The Morgan fingerprint density at radius 1 is 0.769 bits per heavy atom. The van der Waals surface area contributed by atoms with Gasteiger partial charge in [0, 0.05) is 12.4 Å². The lowest BCUT2D eigenvalue weighted by molar-refractivity contribution is -0.895. The molecule has 0 fully saturated rings. The maximum Gasteiger partial charge on any atom is 0.139 e. The van der Waals surface area contributed by atoms with Crippen LogP contribution < -0.4 is 10.8 Å². The van der Waals surface area contributed by atoms with Crippen molar-refractivity contribution in [2.75, 3.05) is 21.1 Å². The van der Waals surface area contributed by atoms with E-state index in [2.05, 4.69) is 35.0 Å². The zero-order valence-electron chi connectivity index (χ0n) is 18.5. The van der Waals surface area contributed by atoms with Crippen LogP contribution in [0.2, 0.25) is 0 Å². The van der Waals surface area contributed by atoms with Crippen LogP contribution in [0.4, 0.5) is 0 Å². The lowest BCUT2D eigenvalue weighted by Gasteiger charge is -2.30. The number of aliphatic carboxylic acids is 1. The highest BCUT2D eigenvalue weighted by Crippen LogP contribution is 2.12. The van der Waals surface area contributed by atoms with Crippen LogP contribution in [-0.4, -0.2) is 37.8 Å². The van der Waals surface area contributed by atoms with Gasteiger partial charge in [0.2, 0.25) is 0 Å². The minimum atomic E-state index is -0.905. The first-order valence-electron chi connectivity index (χ1n) is 11.0. The Balaban J connectivity index is 0. The summed E-state index contributed by atoms with van der Waals surface area (Å²) < 4.78 is 0.858. The average Bonchev–Trinajstić information content (AvgIpc) is 2.57. The molecule has 0 aliphatic rings. The summed E-state index contributed by atoms with van der Waals surface area (Å²) in [5.74, 6) is -0.905. The molecule has 1 atom stereocenters. The van der Waals surface area contributed by atoms with Gasteiger partial charge in [-0.25, -0.2) is 0 Å². The third-order valence-corrected chi connectivity index (χ3v) is 4.90. The van der Waals surface area contributed by atoms with Crippen molar-refractivity contribution in [2.45, 2.75) is 116 Å². The number of carboxylic acids is 1. The number of rotatable bonds is 16. The fourth-order valence-corrected chi connectivity index (χ4v) is 2.83. The highest BCUT2D eigenvalue weighted by molar-refractivity contribution is 5.63. The fraction of sp³-hybridized carbons (Fsp3) is 0.955. The maximum atomic E-state index is 10.2. The van der Waals surface area contributed by atoms with Gasteiger partial charge in [-0.2, -0.15) is 0 Å². The van der Waals surface area contributed by atoms with Crippen LogP contribution in [0.3, 0.4) is 0 Å². The second-order valence-electron chi connectivity index (χ2n) is 8.46. The van der Waals surface area contributed by atoms with E-state index < -0.39 is 5.97 Å². The van der Waals surface area contributed by atoms with Crippen molar-refractivity contribution in [2.24, 2.45) is 5.73 Å². The van der Waals surface area contributed by atoms with E-state index in [0.717, 1.165) is 23.7 Å². The standard InChI is InChI=1S/C16H32O2.C6H17N2/c1-2-3-4-5-6-7-8-9-10-11-12-13-14-15-16(17)18;1-5-6(7)8(2,3)4/h2-15H2,1H3,(H,17,18);6H,5,7H2,1-4H3/q;+1/p-1. The van der Waals surface area contributed by atoms with Gasteiger partial charge in [0.05, 0.1) is 21.1 Å². The minimum Gasteiger partial charge on any atom is -0.550 e. The predicted molar refractivity (Wildman–Crippen MR) is 112 cm³/mol. The van der Waals surface area contributed by atoms with Crippen molar-refractivity contribution < 1.29 is 14.4 Å². The molecule has 0 aromatic carbocycles. The van der Waals surface area contributed by atoms with Gasteiger partial charge in [-0.1, -0.05) is 90.9 Å². The largest absolute Gasteiger partial charge is 0.550 e. The van der Waals surface area contributed by atoms with Crippen molar-refractivity contribution in [1.29, 1.82) is 0 Å². The van der Waals surface area contributed by atoms with E-state index in [-0.39, 0.29) is 12.6 Å². The molecule has 0 saturated carbocycles. The summed E-state index contributed by atoms with van der Waals surface area (Å²) in [5.41, 5.74) is 5.72. The smallest absolute Gasteiger partial charge is 0.139 e. The molecule has 2 N–H and O–H groups in total. The third-order valence-electron chi connectivity index (χ3n) is 4.90. The topological polar surface area (TPSA) is 66.2 Å². The van der Waals surface area contributed by atoms with Crippen LogP contribution in [0.5, 0.6) is 0 Å². The molecule has 0 aromatic heterocycles. The molecule has 0 radical (unpaired) electrons. The van der Waals surface area contributed by atoms with Gasteiger partial charge in [0.15, 0.2) is 0 Å². The fourth-order valence-electron chi connectivity index (χ4n) is 2.83. The molecule has 0 spiro atoms. The van der Waals surface area contributed by atoms with E-state index in [9.17, 15) is 9.90 Å². The van der Waals surface area contributed by atoms with E-state index in [1.54, 1.807) is 0 Å². The van der Waals surface area contributed by atoms with Gasteiger partial charge >= 0.3 is 0 Å². The Bertz CT molecular complexity index is 301. The molecule has 0 rings (SSSR count). The Morgan fingerprint density at radius 3 is 1.35 bits per heavy atom. The summed E-state index contributed by atoms with van der Waals surface area (Å²) in [6, 6.07) is 0. The summed E-state index contributed by atoms with van der Waals surface area (Å²) in [7, 11) is 6.32. The second kappa shape index (κ2) is 19.2. The molecule has 26 heavy (non-hydrogen) atoms. The number of unbranched alkanes of at least 4 members (excludes halogenated alkanes) is 12. The first kappa shape index (κ1) is 27.6. The molecule has 0 amide bonds. The molecule has 0 aliphatic heterocycles. The Kier molecular flexibility index (Phi) is 20.3. The van der Waals surface area contributed by atoms with Gasteiger partial charge in [0.1, 0.15) is 6.17 Å². The number of hydrogen-bond acceptors (Lipinski definition) is 3. The Morgan fingerprint density at radius 2 is 1.12 bits per heavy atom.